The van der Waals surface area contributed by atoms with Crippen molar-refractivity contribution in [3.8, 4) is 22.3 Å². The lowest BCUT2D eigenvalue weighted by Gasteiger charge is -2.19. The molecule has 0 amide bonds. The van der Waals surface area contributed by atoms with Crippen LogP contribution in [0.25, 0.3) is 33.3 Å². The standard InChI is InChI=1S/C28H24N4O3/c1-16-25(17(2)35-31-16)21-13-22-23(18-6-10-20(11-7-18)28(33)34)15-32(27(22)30-14-21)26(19-8-9-19)24-5-3-4-12-29-24/h3-7,10-15,19,26H,8-9H2,1-2H3,(H,33,34). The fourth-order valence-electron chi connectivity index (χ4n) is 4.97. The number of carboxylic acids is 1. The maximum Gasteiger partial charge on any atom is 0.335 e. The molecule has 1 aromatic carbocycles. The summed E-state index contributed by atoms with van der Waals surface area (Å²) in [5.74, 6) is 0.317. The summed E-state index contributed by atoms with van der Waals surface area (Å²) in [6.45, 7) is 3.83. The number of nitrogens with zero attached hydrogens (tertiary/aromatic N) is 4. The maximum atomic E-state index is 11.4. The van der Waals surface area contributed by atoms with Crippen molar-refractivity contribution in [3.05, 3.63) is 89.8 Å². The third-order valence-electron chi connectivity index (χ3n) is 6.79. The Balaban J connectivity index is 1.58. The van der Waals surface area contributed by atoms with E-state index in [1.165, 1.54) is 0 Å². The van der Waals surface area contributed by atoms with Gasteiger partial charge in [0.15, 0.2) is 0 Å². The van der Waals surface area contributed by atoms with Crippen molar-refractivity contribution < 1.29 is 14.4 Å². The fraction of sp³-hybridized carbons (Fsp3) is 0.214. The first-order chi connectivity index (χ1) is 17.0. The van der Waals surface area contributed by atoms with Crippen LogP contribution in [0.3, 0.4) is 0 Å². The van der Waals surface area contributed by atoms with E-state index in [1.807, 2.05) is 50.5 Å². The van der Waals surface area contributed by atoms with Gasteiger partial charge in [-0.3, -0.25) is 4.98 Å². The molecule has 1 saturated carbocycles. The average Bonchev–Trinajstić information content (AvgIpc) is 3.56. The lowest BCUT2D eigenvalue weighted by atomic mass is 10.0. The highest BCUT2D eigenvalue weighted by Gasteiger charge is 2.36. The molecule has 1 fully saturated rings. The van der Waals surface area contributed by atoms with Crippen molar-refractivity contribution in [3.63, 3.8) is 0 Å². The summed E-state index contributed by atoms with van der Waals surface area (Å²) in [6, 6.07) is 15.3. The first-order valence-electron chi connectivity index (χ1n) is 11.7. The van der Waals surface area contributed by atoms with Crippen LogP contribution in [0.4, 0.5) is 0 Å². The number of aromatic nitrogens is 4. The molecule has 1 unspecified atom stereocenters. The van der Waals surface area contributed by atoms with Gasteiger partial charge >= 0.3 is 5.97 Å². The van der Waals surface area contributed by atoms with E-state index in [2.05, 4.69) is 33.0 Å². The number of rotatable bonds is 6. The van der Waals surface area contributed by atoms with Gasteiger partial charge in [0.1, 0.15) is 11.4 Å². The zero-order valence-electron chi connectivity index (χ0n) is 19.5. The Kier molecular flexibility index (Phi) is 4.99. The van der Waals surface area contributed by atoms with Crippen LogP contribution in [-0.4, -0.2) is 30.8 Å². The third kappa shape index (κ3) is 3.69. The van der Waals surface area contributed by atoms with Gasteiger partial charge < -0.3 is 14.2 Å². The smallest absolute Gasteiger partial charge is 0.335 e. The Morgan fingerprint density at radius 3 is 2.51 bits per heavy atom. The summed E-state index contributed by atoms with van der Waals surface area (Å²) in [6.07, 6.45) is 8.17. The minimum Gasteiger partial charge on any atom is -0.478 e. The number of carboxylic acid groups (broad SMARTS) is 1. The molecule has 6 rings (SSSR count). The summed E-state index contributed by atoms with van der Waals surface area (Å²) in [4.78, 5) is 21.0. The predicted octanol–water partition coefficient (Wildman–Crippen LogP) is 6.07. The Bertz CT molecular complexity index is 1530. The molecule has 0 aliphatic heterocycles. The van der Waals surface area contributed by atoms with Crippen LogP contribution in [-0.2, 0) is 0 Å². The van der Waals surface area contributed by atoms with E-state index >= 15 is 0 Å². The van der Waals surface area contributed by atoms with E-state index in [0.29, 0.717) is 5.92 Å². The number of aryl methyl sites for hydroxylation is 2. The third-order valence-corrected chi connectivity index (χ3v) is 6.79. The van der Waals surface area contributed by atoms with E-state index in [4.69, 9.17) is 9.51 Å². The first-order valence-corrected chi connectivity index (χ1v) is 11.7. The number of hydrogen-bond acceptors (Lipinski definition) is 5. The lowest BCUT2D eigenvalue weighted by molar-refractivity contribution is 0.0697. The van der Waals surface area contributed by atoms with Crippen LogP contribution in [0.2, 0.25) is 0 Å². The Hall–Kier alpha value is -4.26. The van der Waals surface area contributed by atoms with Crippen LogP contribution in [0, 0.1) is 19.8 Å². The number of carbonyl (C=O) groups is 1. The van der Waals surface area contributed by atoms with Crippen molar-refractivity contribution in [1.29, 1.82) is 0 Å². The largest absolute Gasteiger partial charge is 0.478 e. The number of hydrogen-bond donors (Lipinski definition) is 1. The van der Waals surface area contributed by atoms with Gasteiger partial charge in [0.25, 0.3) is 0 Å². The molecule has 0 spiro atoms. The molecule has 1 aliphatic rings. The number of pyridine rings is 2. The molecule has 7 nitrogen and oxygen atoms in total. The van der Waals surface area contributed by atoms with Crippen LogP contribution < -0.4 is 0 Å². The quantitative estimate of drug-likeness (QED) is 0.328. The first kappa shape index (κ1) is 21.3. The summed E-state index contributed by atoms with van der Waals surface area (Å²) >= 11 is 0. The molecule has 1 aliphatic carbocycles. The lowest BCUT2D eigenvalue weighted by Crippen LogP contribution is -2.13. The molecule has 4 aromatic heterocycles. The molecule has 1 N–H and O–H groups in total. The number of benzene rings is 1. The second kappa shape index (κ2) is 8.20. The topological polar surface area (TPSA) is 94.0 Å². The minimum absolute atomic E-state index is 0.0863. The molecular formula is C28H24N4O3. The van der Waals surface area contributed by atoms with Crippen molar-refractivity contribution in [2.24, 2.45) is 5.92 Å². The Morgan fingerprint density at radius 1 is 1.09 bits per heavy atom. The van der Waals surface area contributed by atoms with Gasteiger partial charge in [-0.1, -0.05) is 23.4 Å². The highest BCUT2D eigenvalue weighted by molar-refractivity contribution is 5.97. The number of fused-ring (bicyclic) bond motifs is 1. The zero-order chi connectivity index (χ0) is 24.1. The van der Waals surface area contributed by atoms with Gasteiger partial charge in [-0.25, -0.2) is 9.78 Å². The average molecular weight is 465 g/mol. The monoisotopic (exact) mass is 464 g/mol. The van der Waals surface area contributed by atoms with Crippen molar-refractivity contribution in [2.45, 2.75) is 32.7 Å². The molecule has 5 aromatic rings. The van der Waals surface area contributed by atoms with E-state index < -0.39 is 5.97 Å². The van der Waals surface area contributed by atoms with Crippen molar-refractivity contribution >= 4 is 17.0 Å². The predicted molar refractivity (Wildman–Crippen MR) is 132 cm³/mol. The molecule has 4 heterocycles. The van der Waals surface area contributed by atoms with Gasteiger partial charge in [0.05, 0.1) is 23.0 Å². The summed E-state index contributed by atoms with van der Waals surface area (Å²) in [5, 5.41) is 14.5. The summed E-state index contributed by atoms with van der Waals surface area (Å²) < 4.78 is 7.65. The van der Waals surface area contributed by atoms with Gasteiger partial charge in [-0.05, 0) is 68.5 Å². The molecule has 0 saturated heterocycles. The van der Waals surface area contributed by atoms with Crippen LogP contribution in [0.5, 0.6) is 0 Å². The normalized spacial score (nSPS) is 14.3. The fourth-order valence-corrected chi connectivity index (χ4v) is 4.97. The van der Waals surface area contributed by atoms with Crippen molar-refractivity contribution in [2.75, 3.05) is 0 Å². The van der Waals surface area contributed by atoms with Gasteiger partial charge in [-0.15, -0.1) is 0 Å². The van der Waals surface area contributed by atoms with E-state index in [-0.39, 0.29) is 11.6 Å². The molecule has 0 bridgehead atoms. The zero-order valence-corrected chi connectivity index (χ0v) is 19.5. The highest BCUT2D eigenvalue weighted by atomic mass is 16.5. The van der Waals surface area contributed by atoms with Gasteiger partial charge in [0.2, 0.25) is 0 Å². The second-order valence-electron chi connectivity index (χ2n) is 9.16. The van der Waals surface area contributed by atoms with E-state index in [1.54, 1.807) is 12.1 Å². The summed E-state index contributed by atoms with van der Waals surface area (Å²) in [7, 11) is 0. The van der Waals surface area contributed by atoms with E-state index in [0.717, 1.165) is 63.3 Å². The molecular weight excluding hydrogens is 440 g/mol. The van der Waals surface area contributed by atoms with Gasteiger partial charge in [-0.2, -0.15) is 0 Å². The van der Waals surface area contributed by atoms with Crippen molar-refractivity contribution in [1.82, 2.24) is 19.7 Å². The van der Waals surface area contributed by atoms with Gasteiger partial charge in [0, 0.05) is 40.7 Å². The highest BCUT2D eigenvalue weighted by Crippen LogP contribution is 2.46. The number of aromatic carboxylic acids is 1. The molecule has 35 heavy (non-hydrogen) atoms. The van der Waals surface area contributed by atoms with Crippen LogP contribution >= 0.6 is 0 Å². The molecule has 0 radical (unpaired) electrons. The minimum atomic E-state index is -0.940. The summed E-state index contributed by atoms with van der Waals surface area (Å²) in [5.41, 5.74) is 6.80. The molecule has 174 valence electrons. The molecule has 1 atom stereocenters. The maximum absolute atomic E-state index is 11.4. The Morgan fingerprint density at radius 2 is 1.89 bits per heavy atom. The van der Waals surface area contributed by atoms with E-state index in [9.17, 15) is 9.90 Å². The Labute approximate surface area is 202 Å². The second-order valence-corrected chi connectivity index (χ2v) is 9.16. The van der Waals surface area contributed by atoms with Crippen LogP contribution in [0.15, 0.2) is 71.6 Å². The molecule has 7 heteroatoms. The van der Waals surface area contributed by atoms with Crippen LogP contribution in [0.1, 0.15) is 46.4 Å². The SMILES string of the molecule is Cc1noc(C)c1-c1cnc2c(c1)c(-c1ccc(C(=O)O)cc1)cn2C(c1ccccn1)C1CC1.